The lowest BCUT2D eigenvalue weighted by molar-refractivity contribution is 0.492. The van der Waals surface area contributed by atoms with Gasteiger partial charge in [-0.2, -0.15) is 4.68 Å². The van der Waals surface area contributed by atoms with E-state index < -0.39 is 15.6 Å². The molecule has 0 spiro atoms. The van der Waals surface area contributed by atoms with Gasteiger partial charge in [-0.25, -0.2) is 17.9 Å². The maximum Gasteiger partial charge on any atom is 0.351 e. The number of aromatic nitrogens is 3. The first-order valence-corrected chi connectivity index (χ1v) is 14.9. The fourth-order valence-electron chi connectivity index (χ4n) is 4.02. The van der Waals surface area contributed by atoms with Gasteiger partial charge in [0.15, 0.2) is 0 Å². The molecule has 0 atom stereocenters. The first-order chi connectivity index (χ1) is 17.5. The predicted octanol–water partition coefficient (Wildman–Crippen LogP) is 5.88. The van der Waals surface area contributed by atoms with Crippen molar-refractivity contribution in [2.75, 3.05) is 0 Å². The van der Waals surface area contributed by atoms with Crippen molar-refractivity contribution in [3.05, 3.63) is 86.9 Å². The Labute approximate surface area is 226 Å². The van der Waals surface area contributed by atoms with Crippen LogP contribution in [0.25, 0.3) is 16.1 Å². The first-order valence-electron chi connectivity index (χ1n) is 12.1. The quantitative estimate of drug-likeness (QED) is 0.278. The molecule has 0 fully saturated rings. The van der Waals surface area contributed by atoms with Crippen LogP contribution in [-0.4, -0.2) is 28.3 Å². The molecule has 1 N–H and O–H groups in total. The van der Waals surface area contributed by atoms with Gasteiger partial charge in [-0.3, -0.25) is 4.57 Å². The molecule has 0 aliphatic rings. The summed E-state index contributed by atoms with van der Waals surface area (Å²) in [5.41, 5.74) is 1.44. The van der Waals surface area contributed by atoms with Crippen LogP contribution in [0.2, 0.25) is 5.02 Å². The molecule has 0 unspecified atom stereocenters. The van der Waals surface area contributed by atoms with Crippen LogP contribution in [0.4, 0.5) is 0 Å². The second-order valence-corrected chi connectivity index (χ2v) is 12.9. The molecule has 2 aromatic heterocycles. The minimum Gasteiger partial charge on any atom is -0.274 e. The molecule has 0 saturated heterocycles. The number of para-hydroxylation sites is 1. The fraction of sp³-hybridized carbons (Fsp3) is 0.333. The zero-order valence-electron chi connectivity index (χ0n) is 21.4. The summed E-state index contributed by atoms with van der Waals surface area (Å²) in [6.07, 6.45) is 2.58. The van der Waals surface area contributed by atoms with Crippen molar-refractivity contribution in [1.29, 1.82) is 0 Å². The van der Waals surface area contributed by atoms with E-state index in [9.17, 15) is 13.2 Å². The van der Waals surface area contributed by atoms with Crippen LogP contribution in [0, 0.1) is 0 Å². The van der Waals surface area contributed by atoms with E-state index in [0.29, 0.717) is 34.4 Å². The van der Waals surface area contributed by atoms with Crippen molar-refractivity contribution in [3.63, 3.8) is 0 Å². The molecule has 2 aromatic carbocycles. The second kappa shape index (κ2) is 10.9. The number of nitrogens with zero attached hydrogens (tertiary/aromatic N) is 3. The fourth-order valence-corrected chi connectivity index (χ4v) is 7.12. The van der Waals surface area contributed by atoms with Gasteiger partial charge < -0.3 is 0 Å². The summed E-state index contributed by atoms with van der Waals surface area (Å²) in [4.78, 5) is 14.3. The number of unbranched alkanes of at least 4 members (excludes halogenated alkanes) is 1. The Balaban J connectivity index is 1.65. The van der Waals surface area contributed by atoms with Gasteiger partial charge >= 0.3 is 5.69 Å². The van der Waals surface area contributed by atoms with Gasteiger partial charge in [-0.05, 0) is 61.9 Å². The summed E-state index contributed by atoms with van der Waals surface area (Å²) < 4.78 is 31.7. The van der Waals surface area contributed by atoms with E-state index >= 15 is 0 Å². The van der Waals surface area contributed by atoms with E-state index in [1.54, 1.807) is 28.1 Å². The molecular formula is C27H31ClN4O3S2. The van der Waals surface area contributed by atoms with Crippen molar-refractivity contribution in [3.8, 4) is 16.1 Å². The molecule has 0 saturated carbocycles. The van der Waals surface area contributed by atoms with Crippen LogP contribution in [0.5, 0.6) is 0 Å². The van der Waals surface area contributed by atoms with Crippen LogP contribution < -0.4 is 10.4 Å². The highest BCUT2D eigenvalue weighted by Gasteiger charge is 2.26. The molecule has 0 bridgehead atoms. The number of thiophene rings is 1. The number of sulfonamides is 1. The molecular weight excluding hydrogens is 528 g/mol. The number of aryl methyl sites for hydroxylation is 1. The Morgan fingerprint density at radius 1 is 1.05 bits per heavy atom. The molecule has 196 valence electrons. The Morgan fingerprint density at radius 2 is 1.76 bits per heavy atom. The maximum absolute atomic E-state index is 13.4. The molecule has 10 heteroatoms. The lowest BCUT2D eigenvalue weighted by atomic mass is 10.1. The Kier molecular flexibility index (Phi) is 8.08. The largest absolute Gasteiger partial charge is 0.351 e. The third kappa shape index (κ3) is 6.23. The normalized spacial score (nSPS) is 12.2. The minimum absolute atomic E-state index is 0.247. The van der Waals surface area contributed by atoms with E-state index in [-0.39, 0.29) is 10.6 Å². The van der Waals surface area contributed by atoms with Crippen molar-refractivity contribution >= 4 is 33.0 Å². The van der Waals surface area contributed by atoms with Crippen LogP contribution in [0.15, 0.2) is 69.7 Å². The highest BCUT2D eigenvalue weighted by Crippen LogP contribution is 2.33. The van der Waals surface area contributed by atoms with Gasteiger partial charge in [-0.1, -0.05) is 61.3 Å². The molecule has 4 rings (SSSR count). The summed E-state index contributed by atoms with van der Waals surface area (Å²) in [7, 11) is -3.67. The summed E-state index contributed by atoms with van der Waals surface area (Å²) in [5, 5.41) is 6.85. The first kappa shape index (κ1) is 27.3. The van der Waals surface area contributed by atoms with Gasteiger partial charge in [0, 0.05) is 12.0 Å². The summed E-state index contributed by atoms with van der Waals surface area (Å²) >= 11 is 7.73. The zero-order valence-corrected chi connectivity index (χ0v) is 23.8. The Hall–Kier alpha value is -2.72. The summed E-state index contributed by atoms with van der Waals surface area (Å²) in [6, 6.07) is 16.4. The highest BCUT2D eigenvalue weighted by molar-refractivity contribution is 7.89. The van der Waals surface area contributed by atoms with Crippen LogP contribution >= 0.6 is 22.9 Å². The molecule has 2 heterocycles. The van der Waals surface area contributed by atoms with Gasteiger partial charge in [-0.15, -0.1) is 16.4 Å². The molecule has 0 radical (unpaired) electrons. The molecule has 0 aliphatic carbocycles. The minimum atomic E-state index is -3.67. The second-order valence-electron chi connectivity index (χ2n) is 9.92. The average molecular weight is 559 g/mol. The van der Waals surface area contributed by atoms with Crippen LogP contribution in [0.3, 0.4) is 0 Å². The third-order valence-electron chi connectivity index (χ3n) is 5.69. The predicted molar refractivity (Wildman–Crippen MR) is 150 cm³/mol. The van der Waals surface area contributed by atoms with Crippen molar-refractivity contribution in [2.45, 2.75) is 63.9 Å². The third-order valence-corrected chi connectivity index (χ3v) is 8.90. The van der Waals surface area contributed by atoms with Gasteiger partial charge in [0.25, 0.3) is 0 Å². The maximum atomic E-state index is 13.4. The standard InChI is InChI=1S/C27H31ClN4O3S2/c1-5-6-11-24-29-32(22-10-8-7-9-21(22)28)26(33)31(24)18-19-12-14-20(15-13-19)25-23(16-17-36-25)37(34,35)30-27(2,3)4/h7-10,12-17,30H,5-6,11,18H2,1-4H3. The van der Waals surface area contributed by atoms with Gasteiger partial charge in [0.05, 0.1) is 22.1 Å². The molecule has 0 aliphatic heterocycles. The topological polar surface area (TPSA) is 86.0 Å². The monoisotopic (exact) mass is 558 g/mol. The number of benzene rings is 2. The molecule has 4 aromatic rings. The Bertz CT molecular complexity index is 1550. The summed E-state index contributed by atoms with van der Waals surface area (Å²) in [5.74, 6) is 0.704. The number of halogens is 1. The van der Waals surface area contributed by atoms with E-state index in [0.717, 1.165) is 24.0 Å². The zero-order chi connectivity index (χ0) is 26.8. The smallest absolute Gasteiger partial charge is 0.274 e. The molecule has 37 heavy (non-hydrogen) atoms. The lowest BCUT2D eigenvalue weighted by Crippen LogP contribution is -2.40. The Morgan fingerprint density at radius 3 is 2.41 bits per heavy atom. The number of rotatable bonds is 9. The SMILES string of the molecule is CCCCc1nn(-c2ccccc2Cl)c(=O)n1Cc1ccc(-c2sccc2S(=O)(=O)NC(C)(C)C)cc1. The van der Waals surface area contributed by atoms with Gasteiger partial charge in [0.2, 0.25) is 10.0 Å². The lowest BCUT2D eigenvalue weighted by Gasteiger charge is -2.20. The van der Waals surface area contributed by atoms with Crippen molar-refractivity contribution in [1.82, 2.24) is 19.1 Å². The molecule has 7 nitrogen and oxygen atoms in total. The van der Waals surface area contributed by atoms with E-state index in [1.165, 1.54) is 16.0 Å². The summed E-state index contributed by atoms with van der Waals surface area (Å²) in [6.45, 7) is 7.90. The van der Waals surface area contributed by atoms with Crippen molar-refractivity contribution < 1.29 is 8.42 Å². The molecule has 0 amide bonds. The van der Waals surface area contributed by atoms with E-state index in [2.05, 4.69) is 16.7 Å². The average Bonchev–Trinajstić information content (AvgIpc) is 3.44. The van der Waals surface area contributed by atoms with Crippen LogP contribution in [0.1, 0.15) is 51.9 Å². The number of nitrogens with one attached hydrogen (secondary N) is 1. The number of hydrogen-bond donors (Lipinski definition) is 1. The number of hydrogen-bond acceptors (Lipinski definition) is 5. The van der Waals surface area contributed by atoms with Crippen LogP contribution in [-0.2, 0) is 23.0 Å². The van der Waals surface area contributed by atoms with E-state index in [4.69, 9.17) is 11.6 Å². The van der Waals surface area contributed by atoms with Crippen molar-refractivity contribution in [2.24, 2.45) is 0 Å². The highest BCUT2D eigenvalue weighted by atomic mass is 35.5. The van der Waals surface area contributed by atoms with Gasteiger partial charge in [0.1, 0.15) is 10.7 Å². The van der Waals surface area contributed by atoms with E-state index in [1.807, 2.05) is 57.2 Å².